The van der Waals surface area contributed by atoms with Gasteiger partial charge < -0.3 is 4.90 Å². The fourth-order valence-corrected chi connectivity index (χ4v) is 3.31. The zero-order valence-corrected chi connectivity index (χ0v) is 12.7. The SMILES string of the molecule is CCN(CC(=O)c1cc(Cl)sc1Cl)c1ccccc1. The summed E-state index contributed by atoms with van der Waals surface area (Å²) in [6.45, 7) is 3.07. The van der Waals surface area contributed by atoms with E-state index in [9.17, 15) is 4.79 Å². The van der Waals surface area contributed by atoms with E-state index in [-0.39, 0.29) is 5.78 Å². The molecule has 0 amide bonds. The topological polar surface area (TPSA) is 20.3 Å². The van der Waals surface area contributed by atoms with E-state index in [0.717, 1.165) is 12.2 Å². The number of likely N-dealkylation sites (N-methyl/N-ethyl adjacent to an activating group) is 1. The highest BCUT2D eigenvalue weighted by atomic mass is 35.5. The lowest BCUT2D eigenvalue weighted by molar-refractivity contribution is 0.1000. The lowest BCUT2D eigenvalue weighted by Gasteiger charge is -2.22. The molecule has 0 fully saturated rings. The van der Waals surface area contributed by atoms with Crippen LogP contribution >= 0.6 is 34.5 Å². The van der Waals surface area contributed by atoms with Crippen LogP contribution in [0.2, 0.25) is 8.67 Å². The maximum absolute atomic E-state index is 12.2. The van der Waals surface area contributed by atoms with Gasteiger partial charge in [-0.3, -0.25) is 4.79 Å². The molecule has 2 aromatic rings. The molecule has 0 aliphatic rings. The van der Waals surface area contributed by atoms with E-state index >= 15 is 0 Å². The quantitative estimate of drug-likeness (QED) is 0.741. The van der Waals surface area contributed by atoms with E-state index in [2.05, 4.69) is 0 Å². The molecule has 100 valence electrons. The van der Waals surface area contributed by atoms with Crippen LogP contribution in [-0.4, -0.2) is 18.9 Å². The molecule has 19 heavy (non-hydrogen) atoms. The van der Waals surface area contributed by atoms with Crippen molar-refractivity contribution < 1.29 is 4.79 Å². The molecular weight excluding hydrogens is 301 g/mol. The molecule has 2 rings (SSSR count). The number of hydrogen-bond donors (Lipinski definition) is 0. The molecule has 0 saturated carbocycles. The van der Waals surface area contributed by atoms with E-state index in [1.54, 1.807) is 6.07 Å². The Kier molecular flexibility index (Phi) is 4.86. The van der Waals surface area contributed by atoms with Gasteiger partial charge in [-0.05, 0) is 25.1 Å². The number of para-hydroxylation sites is 1. The summed E-state index contributed by atoms with van der Waals surface area (Å²) < 4.78 is 0.996. The average molecular weight is 314 g/mol. The minimum absolute atomic E-state index is 0.0150. The first-order chi connectivity index (χ1) is 9.11. The van der Waals surface area contributed by atoms with Gasteiger partial charge >= 0.3 is 0 Å². The number of carbonyl (C=O) groups excluding carboxylic acids is 1. The second-order valence-electron chi connectivity index (χ2n) is 4.01. The molecule has 0 saturated heterocycles. The summed E-state index contributed by atoms with van der Waals surface area (Å²) in [7, 11) is 0. The highest BCUT2D eigenvalue weighted by molar-refractivity contribution is 7.20. The van der Waals surface area contributed by atoms with Gasteiger partial charge in [-0.2, -0.15) is 0 Å². The number of Topliss-reactive ketones (excluding diaryl/α,β-unsaturated/α-hetero) is 1. The summed E-state index contributed by atoms with van der Waals surface area (Å²) in [5, 5.41) is 0. The van der Waals surface area contributed by atoms with Gasteiger partial charge in [-0.1, -0.05) is 41.4 Å². The number of anilines is 1. The number of hydrogen-bond acceptors (Lipinski definition) is 3. The number of ketones is 1. The van der Waals surface area contributed by atoms with Crippen molar-refractivity contribution in [3.05, 3.63) is 50.6 Å². The van der Waals surface area contributed by atoms with Gasteiger partial charge in [0, 0.05) is 12.2 Å². The minimum Gasteiger partial charge on any atom is -0.364 e. The number of nitrogens with zero attached hydrogens (tertiary/aromatic N) is 1. The molecule has 1 heterocycles. The first-order valence-corrected chi connectivity index (χ1v) is 7.47. The van der Waals surface area contributed by atoms with Crippen molar-refractivity contribution in [1.29, 1.82) is 0 Å². The number of carbonyl (C=O) groups is 1. The molecule has 5 heteroatoms. The van der Waals surface area contributed by atoms with Crippen molar-refractivity contribution in [3.63, 3.8) is 0 Å². The third-order valence-corrected chi connectivity index (χ3v) is 4.28. The number of benzene rings is 1. The molecule has 0 atom stereocenters. The molecule has 0 spiro atoms. The van der Waals surface area contributed by atoms with Crippen molar-refractivity contribution in [1.82, 2.24) is 0 Å². The minimum atomic E-state index is -0.0150. The second kappa shape index (κ2) is 6.42. The summed E-state index contributed by atoms with van der Waals surface area (Å²) in [6, 6.07) is 11.5. The van der Waals surface area contributed by atoms with Gasteiger partial charge in [-0.25, -0.2) is 0 Å². The van der Waals surface area contributed by atoms with Crippen molar-refractivity contribution in [2.24, 2.45) is 0 Å². The maximum atomic E-state index is 12.2. The van der Waals surface area contributed by atoms with Crippen LogP contribution in [0.5, 0.6) is 0 Å². The van der Waals surface area contributed by atoms with E-state index in [4.69, 9.17) is 23.2 Å². The summed E-state index contributed by atoms with van der Waals surface area (Å²) in [6.07, 6.45) is 0. The summed E-state index contributed by atoms with van der Waals surface area (Å²) >= 11 is 13.1. The van der Waals surface area contributed by atoms with Crippen LogP contribution in [0, 0.1) is 0 Å². The molecule has 2 nitrogen and oxygen atoms in total. The van der Waals surface area contributed by atoms with Crippen molar-refractivity contribution in [2.45, 2.75) is 6.92 Å². The standard InChI is InChI=1S/C14H13Cl2NOS/c1-2-17(10-6-4-3-5-7-10)9-12(18)11-8-13(15)19-14(11)16/h3-8H,2,9H2,1H3. The lowest BCUT2D eigenvalue weighted by atomic mass is 10.2. The molecule has 1 aromatic carbocycles. The van der Waals surface area contributed by atoms with Crippen LogP contribution in [0.3, 0.4) is 0 Å². The molecule has 0 unspecified atom stereocenters. The normalized spacial score (nSPS) is 10.5. The highest BCUT2D eigenvalue weighted by Crippen LogP contribution is 2.31. The smallest absolute Gasteiger partial charge is 0.184 e. The Bertz CT molecular complexity index is 568. The third-order valence-electron chi connectivity index (χ3n) is 2.79. The van der Waals surface area contributed by atoms with E-state index in [1.165, 1.54) is 11.3 Å². The van der Waals surface area contributed by atoms with Crippen LogP contribution < -0.4 is 4.90 Å². The summed E-state index contributed by atoms with van der Waals surface area (Å²) in [5.41, 5.74) is 1.53. The summed E-state index contributed by atoms with van der Waals surface area (Å²) in [5.74, 6) is -0.0150. The van der Waals surface area contributed by atoms with Gasteiger partial charge in [0.05, 0.1) is 16.4 Å². The molecule has 0 aliphatic carbocycles. The number of thiophene rings is 1. The van der Waals surface area contributed by atoms with Crippen LogP contribution in [0.1, 0.15) is 17.3 Å². The lowest BCUT2D eigenvalue weighted by Crippen LogP contribution is -2.29. The number of rotatable bonds is 5. The molecule has 0 aliphatic heterocycles. The molecular formula is C14H13Cl2NOS. The fraction of sp³-hybridized carbons (Fsp3) is 0.214. The number of halogens is 2. The van der Waals surface area contributed by atoms with Crippen molar-refractivity contribution in [3.8, 4) is 0 Å². The summed E-state index contributed by atoms with van der Waals surface area (Å²) in [4.78, 5) is 14.2. The zero-order chi connectivity index (χ0) is 13.8. The van der Waals surface area contributed by atoms with Crippen LogP contribution in [0.25, 0.3) is 0 Å². The molecule has 1 aromatic heterocycles. The van der Waals surface area contributed by atoms with Gasteiger partial charge in [0.1, 0.15) is 4.34 Å². The van der Waals surface area contributed by atoms with Gasteiger partial charge in [0.2, 0.25) is 0 Å². The Morgan fingerprint density at radius 3 is 2.47 bits per heavy atom. The first kappa shape index (κ1) is 14.4. The van der Waals surface area contributed by atoms with Crippen molar-refractivity contribution in [2.75, 3.05) is 18.0 Å². The average Bonchev–Trinajstić information content (AvgIpc) is 2.76. The predicted octanol–water partition coefficient (Wildman–Crippen LogP) is 4.76. The Labute approximate surface area is 126 Å². The van der Waals surface area contributed by atoms with Crippen LogP contribution in [0.4, 0.5) is 5.69 Å². The van der Waals surface area contributed by atoms with E-state index in [1.807, 2.05) is 42.2 Å². The van der Waals surface area contributed by atoms with Crippen LogP contribution in [0.15, 0.2) is 36.4 Å². The van der Waals surface area contributed by atoms with E-state index in [0.29, 0.717) is 20.8 Å². The Hall–Kier alpha value is -1.03. The zero-order valence-electron chi connectivity index (χ0n) is 10.4. The highest BCUT2D eigenvalue weighted by Gasteiger charge is 2.17. The molecule has 0 bridgehead atoms. The predicted molar refractivity (Wildman–Crippen MR) is 83.0 cm³/mol. The fourth-order valence-electron chi connectivity index (χ4n) is 1.81. The first-order valence-electron chi connectivity index (χ1n) is 5.90. The largest absolute Gasteiger partial charge is 0.364 e. The van der Waals surface area contributed by atoms with Crippen molar-refractivity contribution >= 4 is 46.0 Å². The van der Waals surface area contributed by atoms with Gasteiger partial charge in [0.15, 0.2) is 5.78 Å². The Morgan fingerprint density at radius 1 is 1.26 bits per heavy atom. The molecule has 0 N–H and O–H groups in total. The van der Waals surface area contributed by atoms with E-state index < -0.39 is 0 Å². The second-order valence-corrected chi connectivity index (χ2v) is 6.30. The molecule has 0 radical (unpaired) electrons. The maximum Gasteiger partial charge on any atom is 0.184 e. The van der Waals surface area contributed by atoms with Gasteiger partial charge in [0.25, 0.3) is 0 Å². The monoisotopic (exact) mass is 313 g/mol. The van der Waals surface area contributed by atoms with Crippen LogP contribution in [-0.2, 0) is 0 Å². The Balaban J connectivity index is 2.15. The Morgan fingerprint density at radius 2 is 1.95 bits per heavy atom. The third kappa shape index (κ3) is 3.50. The van der Waals surface area contributed by atoms with Gasteiger partial charge in [-0.15, -0.1) is 11.3 Å².